The van der Waals surface area contributed by atoms with E-state index in [0.29, 0.717) is 22.9 Å². The molecule has 1 aliphatic heterocycles. The number of nitrogens with one attached hydrogen (secondary N) is 2. The molecule has 1 aliphatic rings. The van der Waals surface area contributed by atoms with E-state index in [4.69, 9.17) is 13.7 Å². The molecule has 13 heteroatoms. The molecule has 2 N–H and O–H groups in total. The number of aromatic nitrogens is 1. The van der Waals surface area contributed by atoms with Crippen LogP contribution in [-0.2, 0) is 37.4 Å². The Morgan fingerprint density at radius 1 is 0.979 bits per heavy atom. The van der Waals surface area contributed by atoms with Crippen LogP contribution in [0.5, 0.6) is 5.75 Å². The molecule has 2 heterocycles. The molecule has 1 aromatic heterocycles. The third-order valence-corrected chi connectivity index (χ3v) is 8.83. The highest BCUT2D eigenvalue weighted by Crippen LogP contribution is 2.26. The first-order chi connectivity index (χ1) is 22.9. The molecule has 5 rings (SSSR count). The fourth-order valence-electron chi connectivity index (χ4n) is 5.26. The Labute approximate surface area is 279 Å². The lowest BCUT2D eigenvalue weighted by molar-refractivity contribution is -0.126. The van der Waals surface area contributed by atoms with Gasteiger partial charge in [0.05, 0.1) is 6.04 Å². The van der Waals surface area contributed by atoms with Gasteiger partial charge in [0.25, 0.3) is 0 Å². The SMILES string of the molecule is CC(C)(C)OC(=O)N1CCNCC1C(=O)[C@H](Cc1ccc(OS(=O)(=O)c2cccc3cnccc23)cc1)NC(=O)OCc1ccccc1. The first-order valence-corrected chi connectivity index (χ1v) is 16.9. The summed E-state index contributed by atoms with van der Waals surface area (Å²) >= 11 is 0. The number of pyridine rings is 1. The van der Waals surface area contributed by atoms with Gasteiger partial charge in [-0.1, -0.05) is 54.6 Å². The van der Waals surface area contributed by atoms with Gasteiger partial charge in [0.1, 0.15) is 28.9 Å². The second-order valence-corrected chi connectivity index (χ2v) is 13.8. The van der Waals surface area contributed by atoms with Gasteiger partial charge in [-0.15, -0.1) is 0 Å². The number of ether oxygens (including phenoxy) is 2. The first-order valence-electron chi connectivity index (χ1n) is 15.5. The molecule has 0 spiro atoms. The second-order valence-electron chi connectivity index (χ2n) is 12.3. The lowest BCUT2D eigenvalue weighted by Crippen LogP contribution is -2.61. The van der Waals surface area contributed by atoms with Crippen molar-refractivity contribution in [1.82, 2.24) is 20.5 Å². The molecule has 0 radical (unpaired) electrons. The van der Waals surface area contributed by atoms with Crippen LogP contribution in [0, 0.1) is 0 Å². The molecule has 1 fully saturated rings. The minimum Gasteiger partial charge on any atom is -0.445 e. The van der Waals surface area contributed by atoms with Crippen LogP contribution in [0.4, 0.5) is 9.59 Å². The van der Waals surface area contributed by atoms with Crippen LogP contribution < -0.4 is 14.8 Å². The van der Waals surface area contributed by atoms with E-state index in [1.165, 1.54) is 29.3 Å². The molecule has 48 heavy (non-hydrogen) atoms. The van der Waals surface area contributed by atoms with Gasteiger partial charge in [0.15, 0.2) is 5.78 Å². The highest BCUT2D eigenvalue weighted by atomic mass is 32.2. The van der Waals surface area contributed by atoms with E-state index in [0.717, 1.165) is 5.56 Å². The Balaban J connectivity index is 1.34. The quantitative estimate of drug-likeness (QED) is 0.228. The summed E-state index contributed by atoms with van der Waals surface area (Å²) in [5, 5.41) is 6.96. The van der Waals surface area contributed by atoms with Crippen LogP contribution in [-0.4, -0.2) is 73.6 Å². The Kier molecular flexibility index (Phi) is 10.6. The van der Waals surface area contributed by atoms with Crippen LogP contribution >= 0.6 is 0 Å². The Morgan fingerprint density at radius 2 is 1.73 bits per heavy atom. The van der Waals surface area contributed by atoms with Gasteiger partial charge < -0.3 is 24.3 Å². The Morgan fingerprint density at radius 3 is 2.46 bits per heavy atom. The molecule has 3 aromatic carbocycles. The summed E-state index contributed by atoms with van der Waals surface area (Å²) in [5.41, 5.74) is 0.607. The molecule has 4 aromatic rings. The van der Waals surface area contributed by atoms with Crippen LogP contribution in [0.2, 0.25) is 0 Å². The Hall–Kier alpha value is -5.01. The monoisotopic (exact) mass is 674 g/mol. The summed E-state index contributed by atoms with van der Waals surface area (Å²) < 4.78 is 42.8. The molecule has 12 nitrogen and oxygen atoms in total. The molecular weight excluding hydrogens is 636 g/mol. The van der Waals surface area contributed by atoms with E-state index in [9.17, 15) is 22.8 Å². The van der Waals surface area contributed by atoms with Gasteiger partial charge in [0.2, 0.25) is 0 Å². The number of Topliss-reactive ketones (excluding diaryl/α,β-unsaturated/α-hetero) is 1. The van der Waals surface area contributed by atoms with Gasteiger partial charge in [-0.3, -0.25) is 14.7 Å². The maximum Gasteiger partial charge on any atom is 0.410 e. The van der Waals surface area contributed by atoms with Crippen molar-refractivity contribution in [2.45, 2.75) is 56.4 Å². The van der Waals surface area contributed by atoms with Crippen molar-refractivity contribution in [3.05, 3.63) is 102 Å². The number of carbonyl (C=O) groups is 3. The van der Waals surface area contributed by atoms with Gasteiger partial charge in [-0.05, 0) is 62.6 Å². The van der Waals surface area contributed by atoms with Crippen LogP contribution in [0.15, 0.2) is 96.2 Å². The van der Waals surface area contributed by atoms with Crippen LogP contribution in [0.3, 0.4) is 0 Å². The second kappa shape index (κ2) is 14.8. The van der Waals surface area contributed by atoms with E-state index < -0.39 is 45.8 Å². The van der Waals surface area contributed by atoms with Crippen molar-refractivity contribution < 1.29 is 36.5 Å². The summed E-state index contributed by atoms with van der Waals surface area (Å²) in [6.07, 6.45) is 1.68. The highest BCUT2D eigenvalue weighted by Gasteiger charge is 2.38. The number of nitrogens with zero attached hydrogens (tertiary/aromatic N) is 2. The van der Waals surface area contributed by atoms with Gasteiger partial charge in [-0.25, -0.2) is 9.59 Å². The number of hydrogen-bond donors (Lipinski definition) is 2. The standard InChI is InChI=1S/C35H38N4O8S/c1-35(2,3)46-34(42)39-19-18-37-22-30(39)32(40)29(38-33(41)45-23-25-8-5-4-6-9-25)20-24-12-14-27(15-13-24)47-48(43,44)31-11-7-10-26-21-36-17-16-28(26)31/h4-17,21,29-30,37H,18-20,22-23H2,1-3H3,(H,38,41)/t29-,30?/m0/s1. The number of piperazine rings is 1. The van der Waals surface area contributed by atoms with Crippen molar-refractivity contribution in [3.63, 3.8) is 0 Å². The van der Waals surface area contributed by atoms with E-state index in [1.54, 1.807) is 57.3 Å². The largest absolute Gasteiger partial charge is 0.445 e. The fraction of sp³-hybridized carbons (Fsp3) is 0.314. The molecule has 1 unspecified atom stereocenters. The van der Waals surface area contributed by atoms with E-state index in [-0.39, 0.29) is 36.8 Å². The summed E-state index contributed by atoms with van der Waals surface area (Å²) in [5.74, 6) is -0.353. The Bertz CT molecular complexity index is 1860. The third-order valence-electron chi connectivity index (χ3n) is 7.53. The van der Waals surface area contributed by atoms with E-state index >= 15 is 0 Å². The lowest BCUT2D eigenvalue weighted by atomic mass is 9.96. The van der Waals surface area contributed by atoms with Gasteiger partial charge >= 0.3 is 22.3 Å². The smallest absolute Gasteiger partial charge is 0.410 e. The maximum absolute atomic E-state index is 14.0. The number of alkyl carbamates (subject to hydrolysis) is 1. The number of hydrogen-bond acceptors (Lipinski definition) is 10. The van der Waals surface area contributed by atoms with Gasteiger partial charge in [-0.2, -0.15) is 8.42 Å². The van der Waals surface area contributed by atoms with Crippen molar-refractivity contribution >= 4 is 38.9 Å². The number of benzene rings is 3. The van der Waals surface area contributed by atoms with Crippen molar-refractivity contribution in [3.8, 4) is 5.75 Å². The lowest BCUT2D eigenvalue weighted by Gasteiger charge is -2.37. The first kappa shape index (κ1) is 34.3. The molecular formula is C35H38N4O8S. The zero-order chi connectivity index (χ0) is 34.3. The zero-order valence-corrected chi connectivity index (χ0v) is 27.7. The predicted octanol–water partition coefficient (Wildman–Crippen LogP) is 4.62. The molecule has 0 bridgehead atoms. The van der Waals surface area contributed by atoms with Gasteiger partial charge in [0, 0.05) is 42.8 Å². The third kappa shape index (κ3) is 8.87. The predicted molar refractivity (Wildman–Crippen MR) is 178 cm³/mol. The summed E-state index contributed by atoms with van der Waals surface area (Å²) in [7, 11) is -4.19. The molecule has 1 saturated heterocycles. The normalized spacial score (nSPS) is 15.7. The molecule has 0 saturated carbocycles. The average Bonchev–Trinajstić information content (AvgIpc) is 3.07. The fourth-order valence-corrected chi connectivity index (χ4v) is 6.41. The average molecular weight is 675 g/mol. The van der Waals surface area contributed by atoms with Crippen LogP contribution in [0.1, 0.15) is 31.9 Å². The minimum atomic E-state index is -4.19. The number of rotatable bonds is 10. The van der Waals surface area contributed by atoms with E-state index in [2.05, 4.69) is 15.6 Å². The van der Waals surface area contributed by atoms with Crippen molar-refractivity contribution in [2.24, 2.45) is 0 Å². The zero-order valence-electron chi connectivity index (χ0n) is 26.9. The molecule has 2 amide bonds. The highest BCUT2D eigenvalue weighted by molar-refractivity contribution is 7.87. The molecule has 252 valence electrons. The number of carbonyl (C=O) groups excluding carboxylic acids is 3. The van der Waals surface area contributed by atoms with Crippen molar-refractivity contribution in [2.75, 3.05) is 19.6 Å². The summed E-state index contributed by atoms with van der Waals surface area (Å²) in [4.78, 5) is 45.5. The maximum atomic E-state index is 14.0. The number of amides is 2. The van der Waals surface area contributed by atoms with E-state index in [1.807, 2.05) is 30.3 Å². The molecule has 0 aliphatic carbocycles. The van der Waals surface area contributed by atoms with Crippen molar-refractivity contribution in [1.29, 1.82) is 0 Å². The summed E-state index contributed by atoms with van der Waals surface area (Å²) in [6.45, 7) is 6.12. The summed E-state index contributed by atoms with van der Waals surface area (Å²) in [6, 6.07) is 19.7. The van der Waals surface area contributed by atoms with Crippen LogP contribution in [0.25, 0.3) is 10.8 Å². The number of fused-ring (bicyclic) bond motifs is 1. The number of ketones is 1. The topological polar surface area (TPSA) is 153 Å². The molecule has 2 atom stereocenters. The minimum absolute atomic E-state index is 0.00365.